The summed E-state index contributed by atoms with van der Waals surface area (Å²) >= 11 is 7.07. The first-order valence-corrected chi connectivity index (χ1v) is 8.62. The minimum absolute atomic E-state index is 0.0314. The number of fused-ring (bicyclic) bond motifs is 1. The lowest BCUT2D eigenvalue weighted by molar-refractivity contribution is -0.384. The van der Waals surface area contributed by atoms with Gasteiger partial charge in [-0.3, -0.25) is 14.9 Å². The number of aromatic nitrogens is 3. The van der Waals surface area contributed by atoms with Crippen molar-refractivity contribution in [2.75, 3.05) is 0 Å². The second kappa shape index (κ2) is 6.32. The lowest BCUT2D eigenvalue weighted by Gasteiger charge is -1.96. The Morgan fingerprint density at radius 2 is 1.92 bits per heavy atom. The molecule has 0 unspecified atom stereocenters. The van der Waals surface area contributed by atoms with Gasteiger partial charge in [0.2, 0.25) is 4.96 Å². The molecule has 0 spiro atoms. The molecular formula is C17H9ClN4O3S. The van der Waals surface area contributed by atoms with E-state index in [4.69, 9.17) is 11.6 Å². The van der Waals surface area contributed by atoms with Crippen LogP contribution < -0.4 is 10.1 Å². The summed E-state index contributed by atoms with van der Waals surface area (Å²) in [6.45, 7) is 0. The average molecular weight is 385 g/mol. The summed E-state index contributed by atoms with van der Waals surface area (Å²) < 4.78 is 1.85. The van der Waals surface area contributed by atoms with Gasteiger partial charge in [0.15, 0.2) is 5.82 Å². The van der Waals surface area contributed by atoms with Gasteiger partial charge < -0.3 is 0 Å². The van der Waals surface area contributed by atoms with E-state index in [-0.39, 0.29) is 11.2 Å². The molecule has 0 aliphatic rings. The van der Waals surface area contributed by atoms with Gasteiger partial charge in [0.05, 0.1) is 9.46 Å². The van der Waals surface area contributed by atoms with Crippen molar-refractivity contribution in [3.8, 4) is 11.4 Å². The van der Waals surface area contributed by atoms with Gasteiger partial charge in [-0.25, -0.2) is 4.40 Å². The Morgan fingerprint density at radius 1 is 1.15 bits per heavy atom. The summed E-state index contributed by atoms with van der Waals surface area (Å²) in [5.41, 5.74) is 0.989. The number of hydrogen-bond acceptors (Lipinski definition) is 6. The zero-order valence-electron chi connectivity index (χ0n) is 13.0. The molecule has 0 saturated carbocycles. The maximum Gasteiger partial charge on any atom is 0.276 e. The van der Waals surface area contributed by atoms with Gasteiger partial charge in [-0.15, -0.1) is 10.2 Å². The quantitative estimate of drug-likeness (QED) is 0.400. The Morgan fingerprint density at radius 3 is 2.65 bits per heavy atom. The Kier molecular flexibility index (Phi) is 3.98. The molecule has 128 valence electrons. The fourth-order valence-electron chi connectivity index (χ4n) is 2.53. The molecule has 26 heavy (non-hydrogen) atoms. The summed E-state index contributed by atoms with van der Waals surface area (Å²) in [6, 6.07) is 13.1. The molecule has 2 aromatic carbocycles. The highest BCUT2D eigenvalue weighted by Gasteiger charge is 2.14. The van der Waals surface area contributed by atoms with Crippen molar-refractivity contribution in [2.24, 2.45) is 0 Å². The second-order valence-corrected chi connectivity index (χ2v) is 6.86. The molecule has 0 aliphatic heterocycles. The Bertz CT molecular complexity index is 1250. The number of nitro benzene ring substituents is 1. The maximum atomic E-state index is 12.8. The predicted octanol–water partition coefficient (Wildman–Crippen LogP) is 2.93. The van der Waals surface area contributed by atoms with Crippen molar-refractivity contribution >= 4 is 39.7 Å². The van der Waals surface area contributed by atoms with Gasteiger partial charge in [-0.1, -0.05) is 35.1 Å². The van der Waals surface area contributed by atoms with Crippen LogP contribution in [0.5, 0.6) is 0 Å². The van der Waals surface area contributed by atoms with Gasteiger partial charge in [-0.05, 0) is 35.9 Å². The third-order valence-corrected chi connectivity index (χ3v) is 4.94. The normalized spacial score (nSPS) is 12.0. The topological polar surface area (TPSA) is 90.4 Å². The van der Waals surface area contributed by atoms with Crippen LogP contribution in [0, 0.1) is 10.1 Å². The van der Waals surface area contributed by atoms with Gasteiger partial charge in [0.1, 0.15) is 0 Å². The molecule has 2 heterocycles. The minimum Gasteiger partial charge on any atom is -0.267 e. The number of rotatable bonds is 3. The van der Waals surface area contributed by atoms with Crippen LogP contribution in [0.15, 0.2) is 53.3 Å². The maximum absolute atomic E-state index is 12.8. The molecule has 9 heteroatoms. The first kappa shape index (κ1) is 16.4. The number of halogens is 1. The van der Waals surface area contributed by atoms with Crippen LogP contribution in [0.25, 0.3) is 22.4 Å². The van der Waals surface area contributed by atoms with Gasteiger partial charge >= 0.3 is 0 Å². The van der Waals surface area contributed by atoms with Crippen molar-refractivity contribution < 1.29 is 4.92 Å². The van der Waals surface area contributed by atoms with Crippen molar-refractivity contribution in [3.05, 3.63) is 84.1 Å². The highest BCUT2D eigenvalue weighted by Crippen LogP contribution is 2.20. The van der Waals surface area contributed by atoms with Gasteiger partial charge in [0.25, 0.3) is 11.2 Å². The molecule has 0 N–H and O–H groups in total. The molecule has 0 bridgehead atoms. The Labute approximate surface area is 155 Å². The van der Waals surface area contributed by atoms with E-state index in [0.717, 1.165) is 5.56 Å². The molecule has 0 aliphatic carbocycles. The van der Waals surface area contributed by atoms with E-state index < -0.39 is 4.92 Å². The zero-order chi connectivity index (χ0) is 18.3. The molecule has 0 radical (unpaired) electrons. The summed E-state index contributed by atoms with van der Waals surface area (Å²) in [4.78, 5) is 23.7. The molecule has 0 atom stereocenters. The summed E-state index contributed by atoms with van der Waals surface area (Å²) in [5.74, 6) is 0.427. The number of thiazole rings is 1. The highest BCUT2D eigenvalue weighted by molar-refractivity contribution is 7.15. The second-order valence-electron chi connectivity index (χ2n) is 5.42. The molecule has 0 fully saturated rings. The smallest absolute Gasteiger partial charge is 0.267 e. The summed E-state index contributed by atoms with van der Waals surface area (Å²) in [5, 5.41) is 19.6. The Balaban J connectivity index is 1.87. The van der Waals surface area contributed by atoms with E-state index in [1.165, 1.54) is 27.9 Å². The van der Waals surface area contributed by atoms with E-state index in [0.29, 0.717) is 25.9 Å². The molecule has 0 amide bonds. The fourth-order valence-corrected chi connectivity index (χ4v) is 3.57. The van der Waals surface area contributed by atoms with E-state index >= 15 is 0 Å². The van der Waals surface area contributed by atoms with Crippen molar-refractivity contribution in [2.45, 2.75) is 0 Å². The number of benzene rings is 2. The van der Waals surface area contributed by atoms with E-state index in [9.17, 15) is 14.9 Å². The lowest BCUT2D eigenvalue weighted by atomic mass is 10.2. The van der Waals surface area contributed by atoms with Crippen LogP contribution >= 0.6 is 22.9 Å². The largest absolute Gasteiger partial charge is 0.276 e. The SMILES string of the molecule is O=c1/c(=C/c2cccc([N+](=O)[O-])c2)sc2nnc(-c3ccc(Cl)cc3)n12. The van der Waals surface area contributed by atoms with Crippen LogP contribution in [0.4, 0.5) is 5.69 Å². The molecule has 2 aromatic heterocycles. The number of nitro groups is 1. The van der Waals surface area contributed by atoms with Crippen molar-refractivity contribution in [1.29, 1.82) is 0 Å². The highest BCUT2D eigenvalue weighted by atomic mass is 35.5. The van der Waals surface area contributed by atoms with Crippen LogP contribution in [0.2, 0.25) is 5.02 Å². The summed E-state index contributed by atoms with van der Waals surface area (Å²) in [7, 11) is 0. The third kappa shape index (κ3) is 2.85. The summed E-state index contributed by atoms with van der Waals surface area (Å²) in [6.07, 6.45) is 1.61. The van der Waals surface area contributed by atoms with Crippen molar-refractivity contribution in [1.82, 2.24) is 14.6 Å². The number of non-ortho nitro benzene ring substituents is 1. The standard InChI is InChI=1S/C17H9ClN4O3S/c18-12-6-4-11(5-7-12)15-19-20-17-21(15)16(23)14(26-17)9-10-2-1-3-13(8-10)22(24)25/h1-9H/b14-9-. The first-order valence-electron chi connectivity index (χ1n) is 7.43. The van der Waals surface area contributed by atoms with Gasteiger partial charge in [-0.2, -0.15) is 0 Å². The minimum atomic E-state index is -0.473. The molecule has 4 aromatic rings. The predicted molar refractivity (Wildman–Crippen MR) is 99.5 cm³/mol. The molecule has 0 saturated heterocycles. The monoisotopic (exact) mass is 384 g/mol. The van der Waals surface area contributed by atoms with E-state index in [1.54, 1.807) is 42.5 Å². The van der Waals surface area contributed by atoms with Crippen LogP contribution in [-0.4, -0.2) is 19.5 Å². The molecule has 4 rings (SSSR count). The van der Waals surface area contributed by atoms with Gasteiger partial charge in [0, 0.05) is 22.7 Å². The molecule has 7 nitrogen and oxygen atoms in total. The van der Waals surface area contributed by atoms with Crippen LogP contribution in [0.3, 0.4) is 0 Å². The molecular weight excluding hydrogens is 376 g/mol. The first-order chi connectivity index (χ1) is 12.5. The number of nitrogens with zero attached hydrogens (tertiary/aromatic N) is 4. The van der Waals surface area contributed by atoms with Crippen LogP contribution in [-0.2, 0) is 0 Å². The van der Waals surface area contributed by atoms with Crippen molar-refractivity contribution in [3.63, 3.8) is 0 Å². The van der Waals surface area contributed by atoms with E-state index in [2.05, 4.69) is 10.2 Å². The van der Waals surface area contributed by atoms with E-state index in [1.807, 2.05) is 0 Å². The number of hydrogen-bond donors (Lipinski definition) is 0. The fraction of sp³-hybridized carbons (Fsp3) is 0. The lowest BCUT2D eigenvalue weighted by Crippen LogP contribution is -2.23. The zero-order valence-corrected chi connectivity index (χ0v) is 14.6. The third-order valence-electron chi connectivity index (χ3n) is 3.73. The van der Waals surface area contributed by atoms with Crippen LogP contribution in [0.1, 0.15) is 5.56 Å². The average Bonchev–Trinajstić information content (AvgIpc) is 3.17. The Hall–Kier alpha value is -3.10.